The van der Waals surface area contributed by atoms with E-state index >= 15 is 0 Å². The lowest BCUT2D eigenvalue weighted by atomic mass is 10.2. The van der Waals surface area contributed by atoms with E-state index in [1.807, 2.05) is 13.8 Å². The fourth-order valence-corrected chi connectivity index (χ4v) is 3.28. The average Bonchev–Trinajstić information content (AvgIpc) is 2.27. The summed E-state index contributed by atoms with van der Waals surface area (Å²) in [5.41, 5.74) is 0.454. The van der Waals surface area contributed by atoms with Crippen LogP contribution in [-0.2, 0) is 20.8 Å². The first-order chi connectivity index (χ1) is 8.24. The molecule has 0 radical (unpaired) electrons. The lowest BCUT2D eigenvalue weighted by Crippen LogP contribution is -2.29. The molecule has 6 heteroatoms. The molecular weight excluding hydrogens is 270 g/mol. The van der Waals surface area contributed by atoms with Crippen LogP contribution < -0.4 is 4.72 Å². The zero-order chi connectivity index (χ0) is 13.9. The van der Waals surface area contributed by atoms with Gasteiger partial charge in [-0.15, -0.1) is 0 Å². The summed E-state index contributed by atoms with van der Waals surface area (Å²) in [6.45, 7) is 5.40. The fourth-order valence-electron chi connectivity index (χ4n) is 1.35. The van der Waals surface area contributed by atoms with Gasteiger partial charge in [-0.2, -0.15) is 0 Å². The first kappa shape index (κ1) is 15.2. The van der Waals surface area contributed by atoms with Crippen molar-refractivity contribution in [1.29, 1.82) is 0 Å². The number of anilines is 1. The number of hydrogen-bond acceptors (Lipinski definition) is 3. The Hall–Kier alpha value is -0.880. The van der Waals surface area contributed by atoms with Crippen LogP contribution in [0, 0.1) is 5.92 Å². The second kappa shape index (κ2) is 5.84. The van der Waals surface area contributed by atoms with E-state index in [1.165, 1.54) is 0 Å². The van der Waals surface area contributed by atoms with Crippen LogP contribution in [0.3, 0.4) is 0 Å². The zero-order valence-corrected chi connectivity index (χ0v) is 12.6. The first-order valence-corrected chi connectivity index (χ1v) is 8.79. The van der Waals surface area contributed by atoms with Gasteiger partial charge < -0.3 is 0 Å². The summed E-state index contributed by atoms with van der Waals surface area (Å²) in [6, 6.07) is 6.65. The predicted molar refractivity (Wildman–Crippen MR) is 75.6 cm³/mol. The molecule has 0 bridgehead atoms. The maximum atomic E-state index is 12.0. The fraction of sp³-hybridized carbons (Fsp3) is 0.500. The highest BCUT2D eigenvalue weighted by molar-refractivity contribution is 7.93. The molecule has 18 heavy (non-hydrogen) atoms. The van der Waals surface area contributed by atoms with Crippen molar-refractivity contribution in [3.05, 3.63) is 24.3 Å². The maximum absolute atomic E-state index is 12.0. The van der Waals surface area contributed by atoms with Crippen LogP contribution in [0.15, 0.2) is 29.2 Å². The smallest absolute Gasteiger partial charge is 0.235 e. The Labute approximate surface area is 111 Å². The van der Waals surface area contributed by atoms with Gasteiger partial charge in [0.2, 0.25) is 10.0 Å². The molecule has 1 aromatic carbocycles. The Morgan fingerprint density at radius 1 is 1.22 bits per heavy atom. The quantitative estimate of drug-likeness (QED) is 0.904. The minimum atomic E-state index is -3.40. The summed E-state index contributed by atoms with van der Waals surface area (Å²) < 4.78 is 37.9. The number of nitrogens with one attached hydrogen (secondary N) is 1. The van der Waals surface area contributed by atoms with Crippen LogP contribution in [0.1, 0.15) is 20.8 Å². The van der Waals surface area contributed by atoms with Gasteiger partial charge in [-0.05, 0) is 31.0 Å². The largest absolute Gasteiger partial charge is 0.283 e. The number of benzene rings is 1. The average molecular weight is 289 g/mol. The third-order valence-electron chi connectivity index (χ3n) is 2.85. The Balaban J connectivity index is 2.98. The second-order valence-corrected chi connectivity index (χ2v) is 8.00. The van der Waals surface area contributed by atoms with E-state index in [-0.39, 0.29) is 5.92 Å². The highest BCUT2D eigenvalue weighted by atomic mass is 32.2. The minimum Gasteiger partial charge on any atom is -0.283 e. The predicted octanol–water partition coefficient (Wildman–Crippen LogP) is 2.21. The van der Waals surface area contributed by atoms with E-state index < -0.39 is 26.1 Å². The van der Waals surface area contributed by atoms with Crippen molar-refractivity contribution in [2.75, 3.05) is 11.0 Å². The van der Waals surface area contributed by atoms with Gasteiger partial charge in [0.1, 0.15) is 0 Å². The molecule has 0 aromatic heterocycles. The molecule has 0 aliphatic carbocycles. The molecule has 0 heterocycles. The van der Waals surface area contributed by atoms with E-state index in [0.29, 0.717) is 10.6 Å². The lowest BCUT2D eigenvalue weighted by molar-refractivity contribution is 0.550. The van der Waals surface area contributed by atoms with Crippen LogP contribution in [0.25, 0.3) is 0 Å². The van der Waals surface area contributed by atoms with Gasteiger partial charge in [-0.1, -0.05) is 19.9 Å². The van der Waals surface area contributed by atoms with Gasteiger partial charge >= 0.3 is 0 Å². The van der Waals surface area contributed by atoms with Gasteiger partial charge in [-0.3, -0.25) is 8.93 Å². The molecule has 0 fully saturated rings. The molecule has 0 aliphatic rings. The Morgan fingerprint density at radius 3 is 2.33 bits per heavy atom. The lowest BCUT2D eigenvalue weighted by Gasteiger charge is -2.17. The number of rotatable bonds is 5. The van der Waals surface area contributed by atoms with Crippen LogP contribution in [-0.4, -0.2) is 24.1 Å². The van der Waals surface area contributed by atoms with E-state index in [4.69, 9.17) is 0 Å². The van der Waals surface area contributed by atoms with Crippen molar-refractivity contribution in [3.8, 4) is 0 Å². The van der Waals surface area contributed by atoms with Gasteiger partial charge in [0.05, 0.1) is 5.25 Å². The van der Waals surface area contributed by atoms with Crippen molar-refractivity contribution in [3.63, 3.8) is 0 Å². The van der Waals surface area contributed by atoms with Crippen LogP contribution in [0.5, 0.6) is 0 Å². The Bertz CT molecular complexity index is 538. The van der Waals surface area contributed by atoms with Crippen molar-refractivity contribution in [1.82, 2.24) is 0 Å². The number of sulfonamides is 1. The zero-order valence-electron chi connectivity index (χ0n) is 11.0. The van der Waals surface area contributed by atoms with Crippen LogP contribution in [0.2, 0.25) is 0 Å². The van der Waals surface area contributed by atoms with Gasteiger partial charge in [0.25, 0.3) is 0 Å². The summed E-state index contributed by atoms with van der Waals surface area (Å²) in [6.07, 6.45) is 1.56. The van der Waals surface area contributed by atoms with Crippen LogP contribution >= 0.6 is 0 Å². The summed E-state index contributed by atoms with van der Waals surface area (Å²) in [4.78, 5) is 0.604. The van der Waals surface area contributed by atoms with E-state index in [1.54, 1.807) is 37.4 Å². The van der Waals surface area contributed by atoms with Crippen molar-refractivity contribution in [2.45, 2.75) is 30.9 Å². The third kappa shape index (κ3) is 3.81. The molecule has 2 atom stereocenters. The van der Waals surface area contributed by atoms with Gasteiger partial charge in [0.15, 0.2) is 0 Å². The van der Waals surface area contributed by atoms with Gasteiger partial charge in [-0.25, -0.2) is 8.42 Å². The van der Waals surface area contributed by atoms with Crippen molar-refractivity contribution < 1.29 is 12.6 Å². The molecule has 1 N–H and O–H groups in total. The van der Waals surface area contributed by atoms with Gasteiger partial charge in [0, 0.05) is 27.6 Å². The molecule has 1 rings (SSSR count). The molecular formula is C12H19NO3S2. The molecule has 0 saturated carbocycles. The third-order valence-corrected chi connectivity index (χ3v) is 5.82. The standard InChI is InChI=1S/C12H19NO3S2/c1-9(2)10(3)18(15,16)13-11-6-5-7-12(8-11)17(4)14/h5-10,13H,1-4H3/t10-,17-/m1/s1. The highest BCUT2D eigenvalue weighted by Crippen LogP contribution is 2.18. The molecule has 0 saturated heterocycles. The van der Waals surface area contributed by atoms with E-state index in [9.17, 15) is 12.6 Å². The second-order valence-electron chi connectivity index (χ2n) is 4.58. The molecule has 0 aliphatic heterocycles. The Kier molecular flexibility index (Phi) is 4.92. The summed E-state index contributed by atoms with van der Waals surface area (Å²) in [5.74, 6) is 0.0333. The molecule has 0 amide bonds. The molecule has 0 unspecified atom stereocenters. The molecule has 4 nitrogen and oxygen atoms in total. The maximum Gasteiger partial charge on any atom is 0.235 e. The molecule has 0 spiro atoms. The summed E-state index contributed by atoms with van der Waals surface area (Å²) in [7, 11) is -4.53. The normalized spacial score (nSPS) is 15.4. The summed E-state index contributed by atoms with van der Waals surface area (Å²) >= 11 is 0. The Morgan fingerprint density at radius 2 is 1.83 bits per heavy atom. The molecule has 102 valence electrons. The SMILES string of the molecule is CC(C)[C@@H](C)S(=O)(=O)Nc1cccc([S@@](C)=O)c1. The topological polar surface area (TPSA) is 63.2 Å². The number of hydrogen-bond donors (Lipinski definition) is 1. The summed E-state index contributed by atoms with van der Waals surface area (Å²) in [5, 5.41) is -0.478. The van der Waals surface area contributed by atoms with E-state index in [2.05, 4.69) is 4.72 Å². The monoisotopic (exact) mass is 289 g/mol. The van der Waals surface area contributed by atoms with Crippen molar-refractivity contribution in [2.24, 2.45) is 5.92 Å². The van der Waals surface area contributed by atoms with Crippen molar-refractivity contribution >= 4 is 26.5 Å². The van der Waals surface area contributed by atoms with Crippen LogP contribution in [0.4, 0.5) is 5.69 Å². The van der Waals surface area contributed by atoms with E-state index in [0.717, 1.165) is 0 Å². The first-order valence-electron chi connectivity index (χ1n) is 5.69. The molecule has 1 aromatic rings. The highest BCUT2D eigenvalue weighted by Gasteiger charge is 2.23. The minimum absolute atomic E-state index is 0.0333.